The average Bonchev–Trinajstić information content (AvgIpc) is 2.38. The zero-order valence-corrected chi connectivity index (χ0v) is 11.6. The van der Waals surface area contributed by atoms with E-state index in [1.165, 1.54) is 16.8 Å². The first-order chi connectivity index (χ1) is 8.66. The fraction of sp³-hybridized carbons (Fsp3) is 0.571. The summed E-state index contributed by atoms with van der Waals surface area (Å²) in [6.45, 7) is 2.81. The Morgan fingerprint density at radius 1 is 1.16 bits per heavy atom. The van der Waals surface area contributed by atoms with Crippen molar-refractivity contribution in [2.75, 3.05) is 24.5 Å². The van der Waals surface area contributed by atoms with Crippen LogP contribution in [0.25, 0.3) is 0 Å². The minimum atomic E-state index is -2.47. The first-order valence-corrected chi connectivity index (χ1v) is 6.60. The van der Waals surface area contributed by atoms with E-state index in [1.807, 2.05) is 6.07 Å². The van der Waals surface area contributed by atoms with Crippen LogP contribution in [0.5, 0.6) is 0 Å². The van der Waals surface area contributed by atoms with Crippen molar-refractivity contribution in [3.63, 3.8) is 0 Å². The van der Waals surface area contributed by atoms with Gasteiger partial charge in [0, 0.05) is 38.2 Å². The van der Waals surface area contributed by atoms with Gasteiger partial charge in [-0.25, -0.2) is 8.78 Å². The number of halogens is 3. The van der Waals surface area contributed by atoms with E-state index in [4.69, 9.17) is 0 Å². The van der Waals surface area contributed by atoms with Crippen LogP contribution in [-0.4, -0.2) is 25.6 Å². The van der Waals surface area contributed by atoms with Crippen molar-refractivity contribution in [2.24, 2.45) is 0 Å². The van der Waals surface area contributed by atoms with Crippen molar-refractivity contribution >= 4 is 18.1 Å². The molecule has 1 aromatic carbocycles. The molecular formula is C14H19ClF2N2. The van der Waals surface area contributed by atoms with Crippen LogP contribution in [0.15, 0.2) is 18.2 Å². The largest absolute Gasteiger partial charge is 0.371 e. The second-order valence-corrected chi connectivity index (χ2v) is 5.18. The van der Waals surface area contributed by atoms with E-state index in [2.05, 4.69) is 22.3 Å². The van der Waals surface area contributed by atoms with E-state index in [9.17, 15) is 8.78 Å². The lowest BCUT2D eigenvalue weighted by Crippen LogP contribution is -2.40. The fourth-order valence-electron chi connectivity index (χ4n) is 2.88. The maximum absolute atomic E-state index is 13.2. The monoisotopic (exact) mass is 288 g/mol. The molecule has 1 saturated heterocycles. The van der Waals surface area contributed by atoms with Crippen molar-refractivity contribution in [3.05, 3.63) is 29.3 Å². The molecule has 2 nitrogen and oxygen atoms in total. The van der Waals surface area contributed by atoms with Gasteiger partial charge in [0.05, 0.1) is 0 Å². The highest BCUT2D eigenvalue weighted by Gasteiger charge is 2.34. The maximum Gasteiger partial charge on any atom is 0.251 e. The van der Waals surface area contributed by atoms with Gasteiger partial charge in [-0.15, -0.1) is 12.4 Å². The highest BCUT2D eigenvalue weighted by Crippen LogP contribution is 2.33. The van der Waals surface area contributed by atoms with Crippen LogP contribution in [0, 0.1) is 0 Å². The zero-order valence-electron chi connectivity index (χ0n) is 10.8. The minimum absolute atomic E-state index is 0. The van der Waals surface area contributed by atoms with Crippen LogP contribution < -0.4 is 10.2 Å². The highest BCUT2D eigenvalue weighted by molar-refractivity contribution is 5.85. The van der Waals surface area contributed by atoms with Gasteiger partial charge < -0.3 is 10.2 Å². The molecule has 2 aliphatic rings. The summed E-state index contributed by atoms with van der Waals surface area (Å²) < 4.78 is 26.4. The maximum atomic E-state index is 13.2. The number of hydrogen-bond donors (Lipinski definition) is 1. The molecule has 1 fully saturated rings. The van der Waals surface area contributed by atoms with E-state index in [0.717, 1.165) is 19.5 Å². The SMILES string of the molecule is Cl.FC1(F)CCN(c2cccc3c2CCNC3)CC1. The van der Waals surface area contributed by atoms with Gasteiger partial charge in [-0.3, -0.25) is 0 Å². The summed E-state index contributed by atoms with van der Waals surface area (Å²) in [4.78, 5) is 2.13. The van der Waals surface area contributed by atoms with Gasteiger partial charge in [-0.05, 0) is 30.2 Å². The summed E-state index contributed by atoms with van der Waals surface area (Å²) in [5, 5.41) is 3.35. The summed E-state index contributed by atoms with van der Waals surface area (Å²) in [5.41, 5.74) is 3.84. The number of anilines is 1. The number of rotatable bonds is 1. The number of nitrogens with zero attached hydrogens (tertiary/aromatic N) is 1. The number of piperidine rings is 1. The molecule has 0 atom stereocenters. The van der Waals surface area contributed by atoms with Gasteiger partial charge in [-0.1, -0.05) is 12.1 Å². The van der Waals surface area contributed by atoms with Crippen LogP contribution in [0.1, 0.15) is 24.0 Å². The third-order valence-electron chi connectivity index (χ3n) is 3.95. The molecule has 2 heterocycles. The molecule has 19 heavy (non-hydrogen) atoms. The number of nitrogens with one attached hydrogen (secondary N) is 1. The van der Waals surface area contributed by atoms with Crippen LogP contribution >= 0.6 is 12.4 Å². The summed E-state index contributed by atoms with van der Waals surface area (Å²) in [6.07, 6.45) is 0.961. The Labute approximate surface area is 118 Å². The topological polar surface area (TPSA) is 15.3 Å². The Hall–Kier alpha value is -0.870. The predicted molar refractivity (Wildman–Crippen MR) is 75.5 cm³/mol. The molecule has 2 aliphatic heterocycles. The lowest BCUT2D eigenvalue weighted by atomic mass is 9.96. The molecule has 5 heteroatoms. The van der Waals surface area contributed by atoms with E-state index < -0.39 is 5.92 Å². The van der Waals surface area contributed by atoms with E-state index in [-0.39, 0.29) is 25.2 Å². The molecule has 0 bridgehead atoms. The van der Waals surface area contributed by atoms with Gasteiger partial charge in [0.1, 0.15) is 0 Å². The molecule has 0 radical (unpaired) electrons. The van der Waals surface area contributed by atoms with Gasteiger partial charge >= 0.3 is 0 Å². The third kappa shape index (κ3) is 3.00. The minimum Gasteiger partial charge on any atom is -0.371 e. The van der Waals surface area contributed by atoms with Gasteiger partial charge in [0.2, 0.25) is 0 Å². The molecule has 0 aliphatic carbocycles. The van der Waals surface area contributed by atoms with E-state index >= 15 is 0 Å². The number of alkyl halides is 2. The Morgan fingerprint density at radius 3 is 2.63 bits per heavy atom. The van der Waals surface area contributed by atoms with Crippen LogP contribution in [0.3, 0.4) is 0 Å². The summed E-state index contributed by atoms with van der Waals surface area (Å²) >= 11 is 0. The molecule has 1 aromatic rings. The van der Waals surface area contributed by atoms with Gasteiger partial charge in [0.15, 0.2) is 0 Å². The first kappa shape index (κ1) is 14.5. The number of hydrogen-bond acceptors (Lipinski definition) is 2. The first-order valence-electron chi connectivity index (χ1n) is 6.60. The molecule has 0 saturated carbocycles. The van der Waals surface area contributed by atoms with Crippen LogP contribution in [-0.2, 0) is 13.0 Å². The predicted octanol–water partition coefficient (Wildman–Crippen LogP) is 2.99. The van der Waals surface area contributed by atoms with Crippen LogP contribution in [0.4, 0.5) is 14.5 Å². The Bertz CT molecular complexity index is 441. The lowest BCUT2D eigenvalue weighted by Gasteiger charge is -2.35. The van der Waals surface area contributed by atoms with Crippen molar-refractivity contribution in [2.45, 2.75) is 31.7 Å². The summed E-state index contributed by atoms with van der Waals surface area (Å²) in [5.74, 6) is -2.47. The van der Waals surface area contributed by atoms with E-state index in [0.29, 0.717) is 13.1 Å². The Balaban J connectivity index is 0.00000133. The average molecular weight is 289 g/mol. The molecule has 1 N–H and O–H groups in total. The molecule has 0 aromatic heterocycles. The van der Waals surface area contributed by atoms with Crippen molar-refractivity contribution < 1.29 is 8.78 Å². The lowest BCUT2D eigenvalue weighted by molar-refractivity contribution is -0.0220. The fourth-order valence-corrected chi connectivity index (χ4v) is 2.88. The molecule has 106 valence electrons. The van der Waals surface area contributed by atoms with Crippen LogP contribution in [0.2, 0.25) is 0 Å². The van der Waals surface area contributed by atoms with E-state index in [1.54, 1.807) is 0 Å². The smallest absolute Gasteiger partial charge is 0.251 e. The third-order valence-corrected chi connectivity index (χ3v) is 3.95. The standard InChI is InChI=1S/C14H18F2N2.ClH/c15-14(16)5-8-18(9-6-14)13-3-1-2-11-10-17-7-4-12(11)13;/h1-3,17H,4-10H2;1H. The molecule has 0 amide bonds. The van der Waals surface area contributed by atoms with Gasteiger partial charge in [-0.2, -0.15) is 0 Å². The molecule has 3 rings (SSSR count). The zero-order chi connectivity index (χ0) is 12.6. The number of fused-ring (bicyclic) bond motifs is 1. The summed E-state index contributed by atoms with van der Waals surface area (Å²) in [7, 11) is 0. The quantitative estimate of drug-likeness (QED) is 0.855. The summed E-state index contributed by atoms with van der Waals surface area (Å²) in [6, 6.07) is 6.24. The molecular weight excluding hydrogens is 270 g/mol. The molecule has 0 unspecified atom stereocenters. The Morgan fingerprint density at radius 2 is 1.89 bits per heavy atom. The van der Waals surface area contributed by atoms with Gasteiger partial charge in [0.25, 0.3) is 5.92 Å². The Kier molecular flexibility index (Phi) is 4.31. The van der Waals surface area contributed by atoms with Crippen molar-refractivity contribution in [3.8, 4) is 0 Å². The van der Waals surface area contributed by atoms with Crippen molar-refractivity contribution in [1.82, 2.24) is 5.32 Å². The van der Waals surface area contributed by atoms with Crippen molar-refractivity contribution in [1.29, 1.82) is 0 Å². The molecule has 0 spiro atoms. The number of benzene rings is 1. The second kappa shape index (κ2) is 5.63. The normalized spacial score (nSPS) is 21.5. The second-order valence-electron chi connectivity index (χ2n) is 5.18. The highest BCUT2D eigenvalue weighted by atomic mass is 35.5.